The fourth-order valence-electron chi connectivity index (χ4n) is 2.42. The predicted molar refractivity (Wildman–Crippen MR) is 64.6 cm³/mol. The van der Waals surface area contributed by atoms with Crippen molar-refractivity contribution in [1.29, 1.82) is 0 Å². The summed E-state index contributed by atoms with van der Waals surface area (Å²) in [5, 5.41) is 3.66. The fourth-order valence-corrected chi connectivity index (χ4v) is 2.42. The van der Waals surface area contributed by atoms with Crippen molar-refractivity contribution in [1.82, 2.24) is 5.32 Å². The first kappa shape index (κ1) is 12.3. The molecule has 2 fully saturated rings. The second-order valence-corrected chi connectivity index (χ2v) is 5.26. The van der Waals surface area contributed by atoms with Gasteiger partial charge in [0.1, 0.15) is 0 Å². The van der Waals surface area contributed by atoms with Gasteiger partial charge in [0.25, 0.3) is 0 Å². The lowest BCUT2D eigenvalue weighted by Crippen LogP contribution is -2.36. The molecule has 3 nitrogen and oxygen atoms in total. The van der Waals surface area contributed by atoms with Crippen LogP contribution in [0.1, 0.15) is 39.0 Å². The Bertz CT molecular complexity index is 198. The second kappa shape index (κ2) is 5.99. The van der Waals surface area contributed by atoms with Gasteiger partial charge >= 0.3 is 0 Å². The van der Waals surface area contributed by atoms with Crippen molar-refractivity contribution in [3.8, 4) is 0 Å². The summed E-state index contributed by atoms with van der Waals surface area (Å²) >= 11 is 0. The SMILES string of the molecule is CCOCCCC1(CNC2CC2)CCOC1. The molecule has 0 radical (unpaired) electrons. The summed E-state index contributed by atoms with van der Waals surface area (Å²) in [6, 6.07) is 0.810. The molecule has 0 bridgehead atoms. The van der Waals surface area contributed by atoms with Crippen molar-refractivity contribution in [2.75, 3.05) is 33.0 Å². The van der Waals surface area contributed by atoms with Crippen molar-refractivity contribution >= 4 is 0 Å². The van der Waals surface area contributed by atoms with Crippen molar-refractivity contribution in [2.45, 2.75) is 45.1 Å². The highest BCUT2D eigenvalue weighted by Gasteiger charge is 2.35. The third-order valence-electron chi connectivity index (χ3n) is 3.73. The van der Waals surface area contributed by atoms with Gasteiger partial charge < -0.3 is 14.8 Å². The van der Waals surface area contributed by atoms with Gasteiger partial charge in [-0.2, -0.15) is 0 Å². The van der Waals surface area contributed by atoms with Crippen LogP contribution >= 0.6 is 0 Å². The molecular formula is C13H25NO2. The maximum absolute atomic E-state index is 5.59. The van der Waals surface area contributed by atoms with Crippen LogP contribution in [-0.2, 0) is 9.47 Å². The summed E-state index contributed by atoms with van der Waals surface area (Å²) in [5.41, 5.74) is 0.402. The fraction of sp³-hybridized carbons (Fsp3) is 1.00. The Balaban J connectivity index is 1.68. The van der Waals surface area contributed by atoms with E-state index >= 15 is 0 Å². The Hall–Kier alpha value is -0.120. The molecule has 0 aromatic carbocycles. The van der Waals surface area contributed by atoms with Gasteiger partial charge in [0.2, 0.25) is 0 Å². The van der Waals surface area contributed by atoms with Crippen LogP contribution in [0.3, 0.4) is 0 Å². The first-order chi connectivity index (χ1) is 7.85. The highest BCUT2D eigenvalue weighted by Crippen LogP contribution is 2.34. The Morgan fingerprint density at radius 1 is 1.44 bits per heavy atom. The lowest BCUT2D eigenvalue weighted by molar-refractivity contribution is 0.111. The van der Waals surface area contributed by atoms with Crippen molar-refractivity contribution < 1.29 is 9.47 Å². The summed E-state index contributed by atoms with van der Waals surface area (Å²) in [4.78, 5) is 0. The van der Waals surface area contributed by atoms with Crippen LogP contribution in [0.5, 0.6) is 0 Å². The van der Waals surface area contributed by atoms with E-state index in [0.29, 0.717) is 5.41 Å². The number of hydrogen-bond acceptors (Lipinski definition) is 3. The van der Waals surface area contributed by atoms with Gasteiger partial charge in [-0.05, 0) is 39.0 Å². The minimum absolute atomic E-state index is 0.402. The minimum atomic E-state index is 0.402. The van der Waals surface area contributed by atoms with Gasteiger partial charge in [-0.15, -0.1) is 0 Å². The first-order valence-electron chi connectivity index (χ1n) is 6.73. The molecule has 0 amide bonds. The summed E-state index contributed by atoms with van der Waals surface area (Å²) in [6.07, 6.45) is 6.38. The Labute approximate surface area is 98.9 Å². The van der Waals surface area contributed by atoms with Gasteiger partial charge in [-0.25, -0.2) is 0 Å². The molecule has 2 rings (SSSR count). The molecule has 1 saturated heterocycles. The molecule has 1 saturated carbocycles. The molecule has 94 valence electrons. The van der Waals surface area contributed by atoms with Crippen LogP contribution in [0.15, 0.2) is 0 Å². The van der Waals surface area contributed by atoms with Crippen LogP contribution in [0.25, 0.3) is 0 Å². The van der Waals surface area contributed by atoms with Gasteiger partial charge in [0.05, 0.1) is 6.61 Å². The van der Waals surface area contributed by atoms with Crippen molar-refractivity contribution in [3.63, 3.8) is 0 Å². The summed E-state index contributed by atoms with van der Waals surface area (Å²) in [6.45, 7) is 6.83. The molecule has 1 aliphatic carbocycles. The number of hydrogen-bond donors (Lipinski definition) is 1. The highest BCUT2D eigenvalue weighted by atomic mass is 16.5. The zero-order valence-electron chi connectivity index (χ0n) is 10.5. The number of nitrogens with one attached hydrogen (secondary N) is 1. The molecule has 0 spiro atoms. The lowest BCUT2D eigenvalue weighted by Gasteiger charge is -2.27. The molecule has 2 aliphatic rings. The molecule has 1 aliphatic heterocycles. The topological polar surface area (TPSA) is 30.5 Å². The van der Waals surface area contributed by atoms with Gasteiger partial charge in [-0.1, -0.05) is 0 Å². The standard InChI is InChI=1S/C13H25NO2/c1-2-15-8-3-6-13(7-9-16-11-13)10-14-12-4-5-12/h12,14H,2-11H2,1H3. The quantitative estimate of drug-likeness (QED) is 0.643. The molecule has 1 atom stereocenters. The summed E-state index contributed by atoms with van der Waals surface area (Å²) in [5.74, 6) is 0. The van der Waals surface area contributed by atoms with E-state index in [0.717, 1.165) is 39.0 Å². The largest absolute Gasteiger partial charge is 0.382 e. The second-order valence-electron chi connectivity index (χ2n) is 5.26. The van der Waals surface area contributed by atoms with Crippen molar-refractivity contribution in [3.05, 3.63) is 0 Å². The molecule has 0 aromatic rings. The lowest BCUT2D eigenvalue weighted by atomic mass is 9.82. The van der Waals surface area contributed by atoms with Gasteiger partial charge in [-0.3, -0.25) is 0 Å². The molecule has 0 aromatic heterocycles. The third kappa shape index (κ3) is 3.72. The van der Waals surface area contributed by atoms with Crippen molar-refractivity contribution in [2.24, 2.45) is 5.41 Å². The van der Waals surface area contributed by atoms with Crippen LogP contribution in [0.4, 0.5) is 0 Å². The van der Waals surface area contributed by atoms with E-state index in [2.05, 4.69) is 12.2 Å². The average molecular weight is 227 g/mol. The molecule has 1 heterocycles. The normalized spacial score (nSPS) is 29.8. The average Bonchev–Trinajstić information content (AvgIpc) is 3.02. The van der Waals surface area contributed by atoms with E-state index in [-0.39, 0.29) is 0 Å². The van der Waals surface area contributed by atoms with E-state index in [4.69, 9.17) is 9.47 Å². The van der Waals surface area contributed by atoms with E-state index in [1.54, 1.807) is 0 Å². The zero-order chi connectivity index (χ0) is 11.3. The predicted octanol–water partition coefficient (Wildman–Crippen LogP) is 1.96. The van der Waals surface area contributed by atoms with Gasteiger partial charge in [0, 0.05) is 37.8 Å². The number of ether oxygens (including phenoxy) is 2. The molecule has 1 N–H and O–H groups in total. The third-order valence-corrected chi connectivity index (χ3v) is 3.73. The van der Waals surface area contributed by atoms with Crippen LogP contribution in [0, 0.1) is 5.41 Å². The Morgan fingerprint density at radius 3 is 2.94 bits per heavy atom. The van der Waals surface area contributed by atoms with Gasteiger partial charge in [0.15, 0.2) is 0 Å². The van der Waals surface area contributed by atoms with Crippen LogP contribution < -0.4 is 5.32 Å². The molecule has 16 heavy (non-hydrogen) atoms. The zero-order valence-corrected chi connectivity index (χ0v) is 10.5. The minimum Gasteiger partial charge on any atom is -0.382 e. The monoisotopic (exact) mass is 227 g/mol. The molecule has 3 heteroatoms. The smallest absolute Gasteiger partial charge is 0.0535 e. The number of rotatable bonds is 8. The van der Waals surface area contributed by atoms with E-state index in [1.165, 1.54) is 32.1 Å². The van der Waals surface area contributed by atoms with Crippen LogP contribution in [0.2, 0.25) is 0 Å². The maximum atomic E-state index is 5.59. The Kier molecular flexibility index (Phi) is 4.62. The van der Waals surface area contributed by atoms with E-state index in [1.807, 2.05) is 0 Å². The summed E-state index contributed by atoms with van der Waals surface area (Å²) < 4.78 is 11.0. The Morgan fingerprint density at radius 2 is 2.31 bits per heavy atom. The molecular weight excluding hydrogens is 202 g/mol. The van der Waals surface area contributed by atoms with E-state index in [9.17, 15) is 0 Å². The first-order valence-corrected chi connectivity index (χ1v) is 6.73. The van der Waals surface area contributed by atoms with E-state index < -0.39 is 0 Å². The maximum Gasteiger partial charge on any atom is 0.0535 e. The highest BCUT2D eigenvalue weighted by molar-refractivity contribution is 4.89. The molecule has 1 unspecified atom stereocenters. The summed E-state index contributed by atoms with van der Waals surface area (Å²) in [7, 11) is 0. The van der Waals surface area contributed by atoms with Crippen LogP contribution in [-0.4, -0.2) is 39.0 Å².